The molecule has 1 N–H and O–H groups in total. The molecule has 0 atom stereocenters. The summed E-state index contributed by atoms with van der Waals surface area (Å²) in [5.74, 6) is 1.52. The lowest BCUT2D eigenvalue weighted by atomic mass is 10.2. The molecule has 1 aliphatic rings. The van der Waals surface area contributed by atoms with Gasteiger partial charge in [-0.1, -0.05) is 0 Å². The van der Waals surface area contributed by atoms with Crippen molar-refractivity contribution in [3.05, 3.63) is 63.4 Å². The highest BCUT2D eigenvalue weighted by Gasteiger charge is 2.19. The van der Waals surface area contributed by atoms with Crippen molar-refractivity contribution in [3.63, 3.8) is 0 Å². The number of hydrogen-bond donors (Lipinski definition) is 1. The Kier molecular flexibility index (Phi) is 5.77. The molecule has 4 rings (SSSR count). The van der Waals surface area contributed by atoms with Crippen molar-refractivity contribution in [2.75, 3.05) is 38.2 Å². The Balaban J connectivity index is 1.37. The molecule has 3 aromatic rings. The average Bonchev–Trinajstić information content (AvgIpc) is 3.14. The molecular formula is C20H22N6O3S. The smallest absolute Gasteiger partial charge is 0.269 e. The number of nitro groups is 1. The van der Waals surface area contributed by atoms with Crippen molar-refractivity contribution in [2.45, 2.75) is 6.67 Å². The third kappa shape index (κ3) is 4.34. The predicted octanol–water partition coefficient (Wildman–Crippen LogP) is 3.30. The van der Waals surface area contributed by atoms with Gasteiger partial charge in [0.25, 0.3) is 5.69 Å². The van der Waals surface area contributed by atoms with Gasteiger partial charge in [0.15, 0.2) is 5.82 Å². The number of anilines is 1. The molecule has 0 bridgehead atoms. The molecule has 2 aromatic carbocycles. The first-order valence-corrected chi connectivity index (χ1v) is 9.97. The molecule has 0 unspecified atom stereocenters. The fraction of sp³-hybridized carbons (Fsp3) is 0.300. The molecule has 1 aliphatic heterocycles. The Bertz CT molecular complexity index is 1070. The number of non-ortho nitro benzene ring substituents is 1. The van der Waals surface area contributed by atoms with E-state index in [9.17, 15) is 10.1 Å². The van der Waals surface area contributed by atoms with Gasteiger partial charge in [-0.3, -0.25) is 20.1 Å². The van der Waals surface area contributed by atoms with Gasteiger partial charge in [0, 0.05) is 49.6 Å². The van der Waals surface area contributed by atoms with Crippen LogP contribution in [0.4, 0.5) is 11.4 Å². The minimum Gasteiger partial charge on any atom is -0.497 e. The number of hydrogen-bond acceptors (Lipinski definition) is 7. The number of H-pyrrole nitrogens is 1. The summed E-state index contributed by atoms with van der Waals surface area (Å²) in [6.45, 7) is 4.02. The highest BCUT2D eigenvalue weighted by Crippen LogP contribution is 2.22. The van der Waals surface area contributed by atoms with Gasteiger partial charge in [-0.25, -0.2) is 4.68 Å². The minimum absolute atomic E-state index is 0.110. The fourth-order valence-electron chi connectivity index (χ4n) is 3.46. The molecule has 9 nitrogen and oxygen atoms in total. The number of aromatic nitrogens is 3. The van der Waals surface area contributed by atoms with Crippen LogP contribution in [0.3, 0.4) is 0 Å². The van der Waals surface area contributed by atoms with E-state index in [1.807, 2.05) is 28.9 Å². The first-order chi connectivity index (χ1) is 14.5. The average molecular weight is 427 g/mol. The molecule has 156 valence electrons. The van der Waals surface area contributed by atoms with E-state index < -0.39 is 0 Å². The highest BCUT2D eigenvalue weighted by molar-refractivity contribution is 7.71. The molecule has 0 amide bonds. The summed E-state index contributed by atoms with van der Waals surface area (Å²) in [6, 6.07) is 14.4. The lowest BCUT2D eigenvalue weighted by Crippen LogP contribution is -2.46. The summed E-state index contributed by atoms with van der Waals surface area (Å²) in [7, 11) is 1.64. The Morgan fingerprint density at radius 1 is 1.10 bits per heavy atom. The van der Waals surface area contributed by atoms with E-state index in [0.717, 1.165) is 49.0 Å². The molecule has 10 heteroatoms. The maximum atomic E-state index is 10.8. The van der Waals surface area contributed by atoms with Gasteiger partial charge in [0.1, 0.15) is 5.75 Å². The number of methoxy groups -OCH3 is 1. The third-order valence-electron chi connectivity index (χ3n) is 5.18. The van der Waals surface area contributed by atoms with E-state index in [0.29, 0.717) is 11.4 Å². The van der Waals surface area contributed by atoms with Gasteiger partial charge in [-0.05, 0) is 48.6 Å². The molecule has 1 fully saturated rings. The number of nitrogens with zero attached hydrogens (tertiary/aromatic N) is 5. The van der Waals surface area contributed by atoms with Gasteiger partial charge in [0.2, 0.25) is 4.77 Å². The highest BCUT2D eigenvalue weighted by atomic mass is 32.1. The van der Waals surface area contributed by atoms with Gasteiger partial charge >= 0.3 is 0 Å². The SMILES string of the molecule is COc1ccc(-c2nc(=S)n(CN3CCN(c4ccc([N+](=O)[O-])cc4)CC3)[nH]2)cc1. The number of piperazine rings is 1. The van der Waals surface area contributed by atoms with E-state index in [4.69, 9.17) is 17.0 Å². The number of nitrogens with one attached hydrogen (secondary N) is 1. The molecule has 1 saturated heterocycles. The Hall–Kier alpha value is -3.24. The zero-order valence-electron chi connectivity index (χ0n) is 16.5. The molecule has 30 heavy (non-hydrogen) atoms. The predicted molar refractivity (Wildman–Crippen MR) is 116 cm³/mol. The maximum absolute atomic E-state index is 10.8. The van der Waals surface area contributed by atoms with E-state index in [2.05, 4.69) is 19.9 Å². The van der Waals surface area contributed by atoms with Gasteiger partial charge in [0.05, 0.1) is 18.7 Å². The van der Waals surface area contributed by atoms with E-state index in [-0.39, 0.29) is 10.6 Å². The van der Waals surface area contributed by atoms with Crippen LogP contribution in [0, 0.1) is 14.9 Å². The first-order valence-electron chi connectivity index (χ1n) is 9.56. The normalized spacial score (nSPS) is 14.6. The van der Waals surface area contributed by atoms with Crippen LogP contribution < -0.4 is 9.64 Å². The second-order valence-corrected chi connectivity index (χ2v) is 7.40. The summed E-state index contributed by atoms with van der Waals surface area (Å²) in [6.07, 6.45) is 0. The largest absolute Gasteiger partial charge is 0.497 e. The number of aromatic amines is 1. The van der Waals surface area contributed by atoms with Gasteiger partial charge in [-0.2, -0.15) is 4.98 Å². The quantitative estimate of drug-likeness (QED) is 0.367. The second kappa shape index (κ2) is 8.64. The monoisotopic (exact) mass is 426 g/mol. The Morgan fingerprint density at radius 3 is 2.37 bits per heavy atom. The molecular weight excluding hydrogens is 404 g/mol. The van der Waals surface area contributed by atoms with E-state index >= 15 is 0 Å². The maximum Gasteiger partial charge on any atom is 0.269 e. The molecule has 1 aromatic heterocycles. The lowest BCUT2D eigenvalue weighted by molar-refractivity contribution is -0.384. The van der Waals surface area contributed by atoms with Crippen molar-refractivity contribution in [3.8, 4) is 17.1 Å². The van der Waals surface area contributed by atoms with Crippen LogP contribution in [-0.2, 0) is 6.67 Å². The fourth-order valence-corrected chi connectivity index (χ4v) is 3.66. The van der Waals surface area contributed by atoms with Crippen molar-refractivity contribution in [1.29, 1.82) is 0 Å². The van der Waals surface area contributed by atoms with Crippen LogP contribution in [0.25, 0.3) is 11.4 Å². The van der Waals surface area contributed by atoms with E-state index in [1.165, 1.54) is 0 Å². The summed E-state index contributed by atoms with van der Waals surface area (Å²) < 4.78 is 7.58. The summed E-state index contributed by atoms with van der Waals surface area (Å²) in [5, 5.41) is 14.1. The molecule has 0 radical (unpaired) electrons. The topological polar surface area (TPSA) is 92.5 Å². The van der Waals surface area contributed by atoms with Crippen LogP contribution in [0.1, 0.15) is 0 Å². The summed E-state index contributed by atoms with van der Waals surface area (Å²) in [5.41, 5.74) is 2.06. The van der Waals surface area contributed by atoms with Crippen LogP contribution in [0.2, 0.25) is 0 Å². The lowest BCUT2D eigenvalue weighted by Gasteiger charge is -2.35. The van der Waals surface area contributed by atoms with E-state index in [1.54, 1.807) is 31.4 Å². The van der Waals surface area contributed by atoms with Crippen molar-refractivity contribution in [1.82, 2.24) is 19.7 Å². The van der Waals surface area contributed by atoms with Gasteiger partial charge in [-0.15, -0.1) is 0 Å². The van der Waals surface area contributed by atoms with Crippen LogP contribution in [0.15, 0.2) is 48.5 Å². The van der Waals surface area contributed by atoms with Crippen molar-refractivity contribution < 1.29 is 9.66 Å². The zero-order valence-corrected chi connectivity index (χ0v) is 17.3. The third-order valence-corrected chi connectivity index (χ3v) is 5.49. The number of rotatable bonds is 6. The summed E-state index contributed by atoms with van der Waals surface area (Å²) >= 11 is 5.43. The van der Waals surface area contributed by atoms with Crippen LogP contribution in [0.5, 0.6) is 5.75 Å². The molecule has 0 spiro atoms. The second-order valence-electron chi connectivity index (χ2n) is 7.03. The Morgan fingerprint density at radius 2 is 1.77 bits per heavy atom. The molecule has 2 heterocycles. The van der Waals surface area contributed by atoms with Crippen molar-refractivity contribution in [2.24, 2.45) is 0 Å². The molecule has 0 aliphatic carbocycles. The number of nitro benzene ring substituents is 1. The zero-order chi connectivity index (χ0) is 21.1. The van der Waals surface area contributed by atoms with Crippen LogP contribution in [-0.4, -0.2) is 57.9 Å². The summed E-state index contributed by atoms with van der Waals surface area (Å²) in [4.78, 5) is 19.4. The first kappa shape index (κ1) is 20.0. The van der Waals surface area contributed by atoms with Gasteiger partial charge < -0.3 is 9.64 Å². The standard InChI is InChI=1S/C20H22N6O3S/c1-29-18-8-2-15(3-9-18)19-21-20(30)25(22-19)14-23-10-12-24(13-11-23)16-4-6-17(7-5-16)26(27)28/h2-9H,10-14H2,1H3,(H,21,22,30). The Labute approximate surface area is 178 Å². The number of benzene rings is 2. The minimum atomic E-state index is -0.379. The van der Waals surface area contributed by atoms with Crippen LogP contribution >= 0.6 is 12.2 Å². The van der Waals surface area contributed by atoms with Crippen molar-refractivity contribution >= 4 is 23.6 Å². The molecule has 0 saturated carbocycles. The number of ether oxygens (including phenoxy) is 1.